The van der Waals surface area contributed by atoms with E-state index >= 15 is 0 Å². The minimum Gasteiger partial charge on any atom is -0.431 e. The normalized spacial score (nSPS) is 11.5. The van der Waals surface area contributed by atoms with Crippen LogP contribution in [-0.2, 0) is 0 Å². The second kappa shape index (κ2) is 3.42. The van der Waals surface area contributed by atoms with Gasteiger partial charge >= 0.3 is 0 Å². The Morgan fingerprint density at radius 3 is 2.53 bits per heavy atom. The fourth-order valence-corrected chi connectivity index (χ4v) is 1.46. The summed E-state index contributed by atoms with van der Waals surface area (Å²) in [6.07, 6.45) is 2.84. The predicted molar refractivity (Wildman–Crippen MR) is 53.3 cm³/mol. The van der Waals surface area contributed by atoms with E-state index in [1.54, 1.807) is 0 Å². The molecule has 0 radical (unpaired) electrons. The van der Waals surface area contributed by atoms with E-state index in [2.05, 4.69) is 9.97 Å². The van der Waals surface area contributed by atoms with Gasteiger partial charge in [0.1, 0.15) is 0 Å². The summed E-state index contributed by atoms with van der Waals surface area (Å²) in [5.41, 5.74) is 0.150. The zero-order valence-electron chi connectivity index (χ0n) is 8.35. The van der Waals surface area contributed by atoms with Gasteiger partial charge in [0.05, 0.1) is 11.6 Å². The smallest absolute Gasteiger partial charge is 0.284 e. The SMILES string of the molecule is N#Cc1cc(F)c2c(c1)Oc1nccnc1O2. The lowest BCUT2D eigenvalue weighted by atomic mass is 10.2. The summed E-state index contributed by atoms with van der Waals surface area (Å²) in [5, 5.41) is 8.72. The number of fused-ring (bicyclic) bond motifs is 2. The Morgan fingerprint density at radius 2 is 1.82 bits per heavy atom. The molecule has 0 saturated heterocycles. The molecule has 0 N–H and O–H groups in total. The zero-order valence-corrected chi connectivity index (χ0v) is 8.35. The second-order valence-electron chi connectivity index (χ2n) is 3.27. The summed E-state index contributed by atoms with van der Waals surface area (Å²) in [4.78, 5) is 7.75. The Bertz CT molecular complexity index is 652. The van der Waals surface area contributed by atoms with E-state index in [-0.39, 0.29) is 28.8 Å². The Labute approximate surface area is 95.1 Å². The Kier molecular flexibility index (Phi) is 1.92. The molecule has 0 atom stereocenters. The van der Waals surface area contributed by atoms with Gasteiger partial charge in [0.25, 0.3) is 11.8 Å². The van der Waals surface area contributed by atoms with E-state index in [1.807, 2.05) is 6.07 Å². The van der Waals surface area contributed by atoms with Crippen LogP contribution < -0.4 is 9.47 Å². The minimum absolute atomic E-state index is 0.0861. The lowest BCUT2D eigenvalue weighted by molar-refractivity contribution is 0.321. The molecule has 2 aromatic rings. The zero-order chi connectivity index (χ0) is 11.8. The van der Waals surface area contributed by atoms with Crippen LogP contribution in [0.4, 0.5) is 4.39 Å². The molecule has 5 nitrogen and oxygen atoms in total. The third-order valence-corrected chi connectivity index (χ3v) is 2.18. The molecule has 0 aliphatic carbocycles. The van der Waals surface area contributed by atoms with Gasteiger partial charge in [-0.1, -0.05) is 0 Å². The average Bonchev–Trinajstić information content (AvgIpc) is 2.36. The fourth-order valence-electron chi connectivity index (χ4n) is 1.46. The number of hydrogen-bond donors (Lipinski definition) is 0. The molecule has 0 fully saturated rings. The first-order valence-corrected chi connectivity index (χ1v) is 4.68. The third-order valence-electron chi connectivity index (χ3n) is 2.18. The molecule has 1 aliphatic heterocycles. The van der Waals surface area contributed by atoms with Crippen LogP contribution in [0.15, 0.2) is 24.5 Å². The summed E-state index contributed by atoms with van der Waals surface area (Å²) < 4.78 is 24.1. The first-order valence-electron chi connectivity index (χ1n) is 4.68. The van der Waals surface area contributed by atoms with Crippen molar-refractivity contribution in [2.75, 3.05) is 0 Å². The lowest BCUT2D eigenvalue weighted by Crippen LogP contribution is -2.04. The largest absolute Gasteiger partial charge is 0.431 e. The summed E-state index contributed by atoms with van der Waals surface area (Å²) in [7, 11) is 0. The summed E-state index contributed by atoms with van der Waals surface area (Å²) in [6, 6.07) is 4.29. The van der Waals surface area contributed by atoms with E-state index < -0.39 is 5.82 Å². The van der Waals surface area contributed by atoms with Gasteiger partial charge in [-0.25, -0.2) is 14.4 Å². The number of benzene rings is 1. The molecule has 0 amide bonds. The molecule has 0 unspecified atom stereocenters. The predicted octanol–water partition coefficient (Wildman–Crippen LogP) is 2.39. The van der Waals surface area contributed by atoms with Crippen LogP contribution in [0, 0.1) is 17.1 Å². The summed E-state index contributed by atoms with van der Waals surface area (Å²) in [6.45, 7) is 0. The molecule has 2 heterocycles. The molecule has 1 aromatic carbocycles. The Morgan fingerprint density at radius 1 is 1.12 bits per heavy atom. The highest BCUT2D eigenvalue weighted by atomic mass is 19.1. The maximum atomic E-state index is 13.6. The van der Waals surface area contributed by atoms with Gasteiger partial charge in [-0.2, -0.15) is 5.26 Å². The van der Waals surface area contributed by atoms with Gasteiger partial charge in [-0.15, -0.1) is 0 Å². The van der Waals surface area contributed by atoms with E-state index in [9.17, 15) is 4.39 Å². The molecule has 0 bridgehead atoms. The topological polar surface area (TPSA) is 68.0 Å². The van der Waals surface area contributed by atoms with Crippen molar-refractivity contribution < 1.29 is 13.9 Å². The number of ether oxygens (including phenoxy) is 2. The highest BCUT2D eigenvalue weighted by Crippen LogP contribution is 2.44. The third kappa shape index (κ3) is 1.45. The van der Waals surface area contributed by atoms with Gasteiger partial charge < -0.3 is 9.47 Å². The maximum absolute atomic E-state index is 13.6. The molecule has 6 heteroatoms. The van der Waals surface area contributed by atoms with Crippen LogP contribution in [0.1, 0.15) is 5.56 Å². The Balaban J connectivity index is 2.15. The van der Waals surface area contributed by atoms with Crippen molar-refractivity contribution in [2.24, 2.45) is 0 Å². The number of nitriles is 1. The standard InChI is InChI=1S/C11H4FN3O2/c12-7-3-6(5-13)4-8-9(7)17-11-10(16-8)14-1-2-15-11/h1-4H. The molecule has 3 rings (SSSR count). The highest BCUT2D eigenvalue weighted by Gasteiger charge is 2.24. The fraction of sp³-hybridized carbons (Fsp3) is 0. The van der Waals surface area contributed by atoms with Crippen molar-refractivity contribution in [3.8, 4) is 29.3 Å². The number of nitrogens with zero attached hydrogens (tertiary/aromatic N) is 3. The van der Waals surface area contributed by atoms with Crippen LogP contribution >= 0.6 is 0 Å². The monoisotopic (exact) mass is 229 g/mol. The molecule has 0 saturated carbocycles. The van der Waals surface area contributed by atoms with Gasteiger partial charge in [0.2, 0.25) is 5.75 Å². The number of rotatable bonds is 0. The van der Waals surface area contributed by atoms with Crippen molar-refractivity contribution in [3.63, 3.8) is 0 Å². The van der Waals surface area contributed by atoms with Crippen molar-refractivity contribution in [2.45, 2.75) is 0 Å². The molecule has 17 heavy (non-hydrogen) atoms. The highest BCUT2D eigenvalue weighted by molar-refractivity contribution is 5.53. The number of halogens is 1. The van der Waals surface area contributed by atoms with Crippen LogP contribution in [0.3, 0.4) is 0 Å². The second-order valence-corrected chi connectivity index (χ2v) is 3.27. The number of aromatic nitrogens is 2. The van der Waals surface area contributed by atoms with E-state index in [0.29, 0.717) is 0 Å². The van der Waals surface area contributed by atoms with Crippen molar-refractivity contribution >= 4 is 0 Å². The molecule has 1 aliphatic rings. The van der Waals surface area contributed by atoms with E-state index in [4.69, 9.17) is 14.7 Å². The molecule has 1 aromatic heterocycles. The van der Waals surface area contributed by atoms with Gasteiger partial charge in [0.15, 0.2) is 11.6 Å². The first-order chi connectivity index (χ1) is 8.28. The van der Waals surface area contributed by atoms with E-state index in [1.165, 1.54) is 18.5 Å². The van der Waals surface area contributed by atoms with Crippen molar-refractivity contribution in [3.05, 3.63) is 35.9 Å². The molecular formula is C11H4FN3O2. The minimum atomic E-state index is -0.671. The van der Waals surface area contributed by atoms with Crippen LogP contribution in [0.25, 0.3) is 0 Å². The van der Waals surface area contributed by atoms with Crippen LogP contribution in [0.2, 0.25) is 0 Å². The van der Waals surface area contributed by atoms with Crippen molar-refractivity contribution in [1.29, 1.82) is 5.26 Å². The van der Waals surface area contributed by atoms with Gasteiger partial charge in [-0.05, 0) is 6.07 Å². The van der Waals surface area contributed by atoms with E-state index in [0.717, 1.165) is 6.07 Å². The average molecular weight is 229 g/mol. The molecule has 82 valence electrons. The van der Waals surface area contributed by atoms with Gasteiger partial charge in [0, 0.05) is 18.5 Å². The molecular weight excluding hydrogens is 225 g/mol. The Hall–Kier alpha value is -2.68. The summed E-state index contributed by atoms with van der Waals surface area (Å²) >= 11 is 0. The lowest BCUT2D eigenvalue weighted by Gasteiger charge is -2.18. The quantitative estimate of drug-likeness (QED) is 0.592. The van der Waals surface area contributed by atoms with Crippen LogP contribution in [0.5, 0.6) is 23.3 Å². The van der Waals surface area contributed by atoms with Crippen LogP contribution in [-0.4, -0.2) is 9.97 Å². The first kappa shape index (κ1) is 9.54. The van der Waals surface area contributed by atoms with Crippen molar-refractivity contribution in [1.82, 2.24) is 9.97 Å². The molecule has 0 spiro atoms. The summed E-state index contributed by atoms with van der Waals surface area (Å²) in [5.74, 6) is -0.389. The maximum Gasteiger partial charge on any atom is 0.284 e. The van der Waals surface area contributed by atoms with Gasteiger partial charge in [-0.3, -0.25) is 0 Å². The number of hydrogen-bond acceptors (Lipinski definition) is 5.